The molecule has 0 radical (unpaired) electrons. The average Bonchev–Trinajstić information content (AvgIpc) is 3.15. The first-order valence-electron chi connectivity index (χ1n) is 15.3. The summed E-state index contributed by atoms with van der Waals surface area (Å²) in [5.74, 6) is 0. The molecule has 0 saturated heterocycles. The monoisotopic (exact) mass is 721 g/mol. The first kappa shape index (κ1) is 33.4. The molecule has 0 spiro atoms. The van der Waals surface area contributed by atoms with Gasteiger partial charge in [0.05, 0.1) is 0 Å². The summed E-state index contributed by atoms with van der Waals surface area (Å²) in [6.07, 6.45) is 0. The Morgan fingerprint density at radius 2 is 0.435 bits per heavy atom. The predicted octanol–water partition coefficient (Wildman–Crippen LogP) is 8.62. The van der Waals surface area contributed by atoms with E-state index in [4.69, 9.17) is 0 Å². The molecule has 0 aromatic heterocycles. The summed E-state index contributed by atoms with van der Waals surface area (Å²) in [5.41, 5.74) is 1.34. The maximum Gasteiger partial charge on any atom is -0.0134 e. The van der Waals surface area contributed by atoms with Gasteiger partial charge in [0, 0.05) is 0 Å². The minimum absolute atomic E-state index is 0.446. The number of hydrogen-bond donors (Lipinski definition) is 0. The minimum atomic E-state index is -0.446. The van der Waals surface area contributed by atoms with Gasteiger partial charge in [0.2, 0.25) is 0 Å². The van der Waals surface area contributed by atoms with Crippen molar-refractivity contribution >= 4 is 47.7 Å². The van der Waals surface area contributed by atoms with Crippen LogP contribution in [0.15, 0.2) is 212 Å². The first-order valence-corrected chi connectivity index (χ1v) is 19.1. The summed E-state index contributed by atoms with van der Waals surface area (Å²) in [6.45, 7) is 0. The van der Waals surface area contributed by atoms with Crippen LogP contribution in [-0.2, 0) is 24.1 Å². The van der Waals surface area contributed by atoms with Gasteiger partial charge in [-0.25, -0.2) is 0 Å². The zero-order valence-corrected chi connectivity index (χ0v) is 29.0. The SMILES string of the molecule is [Pd][CH2]c1ccccc1.c1ccc(P(c2ccccc2)c2ccccc2)cc1.c1ccc(P(c2ccccc2)c2ccccc2)cc1. The molecule has 0 aliphatic rings. The van der Waals surface area contributed by atoms with Crippen molar-refractivity contribution in [3.63, 3.8) is 0 Å². The molecule has 0 heterocycles. The van der Waals surface area contributed by atoms with E-state index in [1.165, 1.54) is 37.4 Å². The maximum atomic E-state index is 3.12. The number of benzene rings is 7. The summed E-state index contributed by atoms with van der Waals surface area (Å²) in [4.78, 5) is 0.990. The Hall–Kier alpha value is -3.94. The smallest absolute Gasteiger partial charge is 0.0134 e. The Labute approximate surface area is 288 Å². The topological polar surface area (TPSA) is 0 Å². The fourth-order valence-electron chi connectivity index (χ4n) is 4.91. The second-order valence-corrected chi connectivity index (χ2v) is 15.3. The Bertz CT molecular complexity index is 1480. The molecule has 7 rings (SSSR count). The van der Waals surface area contributed by atoms with Crippen LogP contribution in [0.3, 0.4) is 0 Å². The summed E-state index contributed by atoms with van der Waals surface area (Å²) < 4.78 is 0. The molecule has 0 nitrogen and oxygen atoms in total. The minimum Gasteiger partial charge on any atom is -0.0622 e. The van der Waals surface area contributed by atoms with Crippen LogP contribution in [-0.4, -0.2) is 0 Å². The van der Waals surface area contributed by atoms with E-state index in [-0.39, 0.29) is 0 Å². The van der Waals surface area contributed by atoms with Gasteiger partial charge in [-0.3, -0.25) is 0 Å². The quantitative estimate of drug-likeness (QED) is 0.114. The average molecular weight is 722 g/mol. The van der Waals surface area contributed by atoms with Gasteiger partial charge in [-0.1, -0.05) is 182 Å². The van der Waals surface area contributed by atoms with E-state index >= 15 is 0 Å². The van der Waals surface area contributed by atoms with Crippen molar-refractivity contribution in [1.29, 1.82) is 0 Å². The molecular formula is C43H37P2Pd. The van der Waals surface area contributed by atoms with Gasteiger partial charge in [0.25, 0.3) is 0 Å². The molecule has 0 bridgehead atoms. The van der Waals surface area contributed by atoms with Crippen molar-refractivity contribution in [1.82, 2.24) is 0 Å². The van der Waals surface area contributed by atoms with E-state index in [1.54, 1.807) is 0 Å². The largest absolute Gasteiger partial charge is 0.0622 e. The molecule has 46 heavy (non-hydrogen) atoms. The predicted molar refractivity (Wildman–Crippen MR) is 200 cm³/mol. The standard InChI is InChI=1S/2C18H15P.C7H7.Pd/c2*1-4-10-16(11-5-1)19(17-12-6-2-7-13-17)18-14-8-3-9-15-18;1-7-5-3-2-4-6-7;/h2*1-15H;2-6H,1H2;. The molecule has 0 aliphatic carbocycles. The van der Waals surface area contributed by atoms with Crippen molar-refractivity contribution in [3.8, 4) is 0 Å². The zero-order chi connectivity index (χ0) is 31.7. The summed E-state index contributed by atoms with van der Waals surface area (Å²) in [7, 11) is -0.892. The van der Waals surface area contributed by atoms with Crippen LogP contribution in [0.4, 0.5) is 0 Å². The molecule has 0 amide bonds. The van der Waals surface area contributed by atoms with Crippen LogP contribution >= 0.6 is 15.8 Å². The van der Waals surface area contributed by atoms with E-state index in [2.05, 4.69) is 213 Å². The van der Waals surface area contributed by atoms with Gasteiger partial charge in [-0.15, -0.1) is 0 Å². The van der Waals surface area contributed by atoms with E-state index in [9.17, 15) is 0 Å². The maximum absolute atomic E-state index is 3.12. The third-order valence-electron chi connectivity index (χ3n) is 7.06. The third-order valence-corrected chi connectivity index (χ3v) is 12.6. The molecule has 0 aliphatic heterocycles. The molecule has 3 heteroatoms. The fourth-order valence-corrected chi connectivity index (χ4v) is 9.89. The zero-order valence-electron chi connectivity index (χ0n) is 25.6. The van der Waals surface area contributed by atoms with Gasteiger partial charge < -0.3 is 0 Å². The van der Waals surface area contributed by atoms with Gasteiger partial charge in [-0.05, 0) is 47.7 Å². The Balaban J connectivity index is 0.000000147. The molecular weight excluding hydrogens is 685 g/mol. The van der Waals surface area contributed by atoms with Crippen LogP contribution in [0.5, 0.6) is 0 Å². The number of rotatable bonds is 7. The Morgan fingerprint density at radius 1 is 0.261 bits per heavy atom. The summed E-state index contributed by atoms with van der Waals surface area (Å²) in [6, 6.07) is 75.0. The van der Waals surface area contributed by atoms with Gasteiger partial charge >= 0.3 is 60.0 Å². The van der Waals surface area contributed by atoms with E-state index in [0.717, 1.165) is 4.89 Å². The summed E-state index contributed by atoms with van der Waals surface area (Å²) >= 11 is 3.12. The molecule has 0 fully saturated rings. The number of hydrogen-bond acceptors (Lipinski definition) is 0. The van der Waals surface area contributed by atoms with Gasteiger partial charge in [0.1, 0.15) is 0 Å². The second kappa shape index (κ2) is 18.9. The molecule has 7 aromatic carbocycles. The molecule has 0 saturated carbocycles. The molecule has 0 atom stereocenters. The Kier molecular flexibility index (Phi) is 13.7. The first-order chi connectivity index (χ1) is 22.8. The molecule has 0 unspecified atom stereocenters. The van der Waals surface area contributed by atoms with E-state index < -0.39 is 15.8 Å². The van der Waals surface area contributed by atoms with Gasteiger partial charge in [0.15, 0.2) is 0 Å². The molecule has 7 aromatic rings. The van der Waals surface area contributed by atoms with Crippen molar-refractivity contribution in [3.05, 3.63) is 218 Å². The molecule has 0 N–H and O–H groups in total. The molecule has 229 valence electrons. The normalized spacial score (nSPS) is 10.3. The van der Waals surface area contributed by atoms with Crippen LogP contribution < -0.4 is 31.8 Å². The van der Waals surface area contributed by atoms with E-state index in [1.807, 2.05) is 18.2 Å². The van der Waals surface area contributed by atoms with Crippen molar-refractivity contribution in [2.24, 2.45) is 0 Å². The van der Waals surface area contributed by atoms with E-state index in [0.29, 0.717) is 0 Å². The van der Waals surface area contributed by atoms with Crippen LogP contribution in [0.1, 0.15) is 5.56 Å². The third kappa shape index (κ3) is 10.0. The second-order valence-electron chi connectivity index (χ2n) is 10.3. The van der Waals surface area contributed by atoms with Gasteiger partial charge in [-0.2, -0.15) is 0 Å². The van der Waals surface area contributed by atoms with Crippen LogP contribution in [0, 0.1) is 0 Å². The van der Waals surface area contributed by atoms with Crippen molar-refractivity contribution in [2.45, 2.75) is 4.89 Å². The van der Waals surface area contributed by atoms with Crippen LogP contribution in [0.2, 0.25) is 0 Å². The Morgan fingerprint density at radius 3 is 0.587 bits per heavy atom. The van der Waals surface area contributed by atoms with Crippen LogP contribution in [0.25, 0.3) is 0 Å². The summed E-state index contributed by atoms with van der Waals surface area (Å²) in [5, 5.41) is 8.39. The van der Waals surface area contributed by atoms with Crippen molar-refractivity contribution in [2.75, 3.05) is 0 Å². The fraction of sp³-hybridized carbons (Fsp3) is 0.0233. The van der Waals surface area contributed by atoms with Crippen molar-refractivity contribution < 1.29 is 19.2 Å².